The van der Waals surface area contributed by atoms with Crippen LogP contribution in [-0.4, -0.2) is 30.8 Å². The van der Waals surface area contributed by atoms with E-state index in [4.69, 9.17) is 15.6 Å². The molecule has 0 spiro atoms. The lowest BCUT2D eigenvalue weighted by Gasteiger charge is -2.08. The maximum Gasteiger partial charge on any atom is 0.341 e. The molecule has 1 rings (SSSR count). The van der Waals surface area contributed by atoms with E-state index in [1.54, 1.807) is 12.1 Å². The molecular formula is C13H20N2O3. The summed E-state index contributed by atoms with van der Waals surface area (Å²) in [6.07, 6.45) is 3.22. The lowest BCUT2D eigenvalue weighted by atomic mass is 10.2. The van der Waals surface area contributed by atoms with Gasteiger partial charge in [-0.05, 0) is 31.5 Å². The van der Waals surface area contributed by atoms with Crippen molar-refractivity contribution in [3.05, 3.63) is 24.3 Å². The van der Waals surface area contributed by atoms with Crippen molar-refractivity contribution in [2.75, 3.05) is 25.0 Å². The lowest BCUT2D eigenvalue weighted by Crippen LogP contribution is -2.09. The van der Waals surface area contributed by atoms with Gasteiger partial charge >= 0.3 is 5.97 Å². The summed E-state index contributed by atoms with van der Waals surface area (Å²) in [6, 6.07) is 7.30. The largest absolute Gasteiger partial charge is 0.482 e. The Morgan fingerprint density at radius 3 is 2.89 bits per heavy atom. The number of rotatable bonds is 9. The van der Waals surface area contributed by atoms with Crippen molar-refractivity contribution in [3.63, 3.8) is 0 Å². The van der Waals surface area contributed by atoms with Gasteiger partial charge < -0.3 is 20.9 Å². The van der Waals surface area contributed by atoms with E-state index < -0.39 is 5.97 Å². The third-order valence-corrected chi connectivity index (χ3v) is 2.41. The molecule has 0 heterocycles. The number of hydrogen-bond acceptors (Lipinski definition) is 4. The Hall–Kier alpha value is -1.75. The summed E-state index contributed by atoms with van der Waals surface area (Å²) in [7, 11) is 0. The van der Waals surface area contributed by atoms with Crippen LogP contribution in [0.25, 0.3) is 0 Å². The van der Waals surface area contributed by atoms with Crippen molar-refractivity contribution in [3.8, 4) is 5.75 Å². The van der Waals surface area contributed by atoms with Crippen molar-refractivity contribution in [1.29, 1.82) is 0 Å². The van der Waals surface area contributed by atoms with Crippen LogP contribution in [0.4, 0.5) is 5.69 Å². The number of carboxylic acids is 1. The van der Waals surface area contributed by atoms with Gasteiger partial charge in [0.2, 0.25) is 0 Å². The molecule has 1 aromatic rings. The number of carboxylic acid groups (broad SMARTS) is 1. The molecule has 0 bridgehead atoms. The Kier molecular flexibility index (Phi) is 6.64. The average molecular weight is 252 g/mol. The number of ether oxygens (including phenoxy) is 1. The molecule has 4 N–H and O–H groups in total. The molecular weight excluding hydrogens is 232 g/mol. The highest BCUT2D eigenvalue weighted by Gasteiger charge is 2.00. The van der Waals surface area contributed by atoms with Crippen molar-refractivity contribution >= 4 is 11.7 Å². The number of nitrogens with two attached hydrogens (primary N) is 1. The summed E-state index contributed by atoms with van der Waals surface area (Å²) >= 11 is 0. The molecule has 1 aromatic carbocycles. The minimum absolute atomic E-state index is 0.319. The Morgan fingerprint density at radius 1 is 1.33 bits per heavy atom. The van der Waals surface area contributed by atoms with Gasteiger partial charge in [0.15, 0.2) is 6.61 Å². The van der Waals surface area contributed by atoms with Gasteiger partial charge in [0.1, 0.15) is 5.75 Å². The zero-order chi connectivity index (χ0) is 13.2. The molecule has 100 valence electrons. The Morgan fingerprint density at radius 2 is 2.17 bits per heavy atom. The van der Waals surface area contributed by atoms with Crippen LogP contribution in [0.15, 0.2) is 24.3 Å². The highest BCUT2D eigenvalue weighted by atomic mass is 16.5. The number of benzene rings is 1. The predicted octanol–water partition coefficient (Wildman–Crippen LogP) is 1.69. The Labute approximate surface area is 107 Å². The minimum Gasteiger partial charge on any atom is -0.482 e. The number of nitrogens with one attached hydrogen (secondary N) is 1. The fourth-order valence-electron chi connectivity index (χ4n) is 1.52. The first-order chi connectivity index (χ1) is 8.72. The van der Waals surface area contributed by atoms with Gasteiger partial charge in [0.05, 0.1) is 0 Å². The molecule has 5 nitrogen and oxygen atoms in total. The second-order valence-electron chi connectivity index (χ2n) is 3.99. The Balaban J connectivity index is 2.32. The monoisotopic (exact) mass is 252 g/mol. The molecule has 0 aromatic heterocycles. The number of anilines is 1. The zero-order valence-electron chi connectivity index (χ0n) is 10.4. The highest BCUT2D eigenvalue weighted by molar-refractivity contribution is 5.68. The molecule has 0 unspecified atom stereocenters. The average Bonchev–Trinajstić information content (AvgIpc) is 2.37. The first kappa shape index (κ1) is 14.3. The number of unbranched alkanes of at least 4 members (excludes halogenated alkanes) is 2. The van der Waals surface area contributed by atoms with Gasteiger partial charge in [-0.1, -0.05) is 12.5 Å². The maximum atomic E-state index is 10.4. The molecule has 0 aliphatic rings. The topological polar surface area (TPSA) is 84.6 Å². The predicted molar refractivity (Wildman–Crippen MR) is 71.0 cm³/mol. The third-order valence-electron chi connectivity index (χ3n) is 2.41. The number of aliphatic carboxylic acids is 1. The first-order valence-corrected chi connectivity index (χ1v) is 6.11. The van der Waals surface area contributed by atoms with Crippen LogP contribution >= 0.6 is 0 Å². The first-order valence-electron chi connectivity index (χ1n) is 6.11. The molecule has 0 radical (unpaired) electrons. The smallest absolute Gasteiger partial charge is 0.341 e. The standard InChI is InChI=1S/C13H20N2O3/c14-7-2-1-3-8-15-11-5-4-6-12(9-11)18-10-13(16)17/h4-6,9,15H,1-3,7-8,10,14H2,(H,16,17). The molecule has 0 saturated carbocycles. The van der Waals surface area contributed by atoms with Gasteiger partial charge in [-0.15, -0.1) is 0 Å². The zero-order valence-corrected chi connectivity index (χ0v) is 10.4. The van der Waals surface area contributed by atoms with Crippen LogP contribution in [0.3, 0.4) is 0 Å². The van der Waals surface area contributed by atoms with Crippen LogP contribution in [0.1, 0.15) is 19.3 Å². The molecule has 0 amide bonds. The van der Waals surface area contributed by atoms with Crippen LogP contribution in [0.5, 0.6) is 5.75 Å². The van der Waals surface area contributed by atoms with Crippen LogP contribution < -0.4 is 15.8 Å². The molecule has 0 fully saturated rings. The second-order valence-corrected chi connectivity index (χ2v) is 3.99. The van der Waals surface area contributed by atoms with E-state index in [9.17, 15) is 4.79 Å². The van der Waals surface area contributed by atoms with Gasteiger partial charge in [-0.3, -0.25) is 0 Å². The van der Waals surface area contributed by atoms with E-state index >= 15 is 0 Å². The van der Waals surface area contributed by atoms with Crippen LogP contribution in [-0.2, 0) is 4.79 Å². The summed E-state index contributed by atoms with van der Waals surface area (Å²) < 4.78 is 5.10. The summed E-state index contributed by atoms with van der Waals surface area (Å²) in [5, 5.41) is 11.8. The number of carbonyl (C=O) groups is 1. The summed E-state index contributed by atoms with van der Waals surface area (Å²) in [5.74, 6) is -0.417. The van der Waals surface area contributed by atoms with E-state index in [2.05, 4.69) is 5.32 Å². The van der Waals surface area contributed by atoms with Crippen molar-refractivity contribution in [2.24, 2.45) is 5.73 Å². The van der Waals surface area contributed by atoms with E-state index in [1.165, 1.54) is 0 Å². The minimum atomic E-state index is -0.977. The molecule has 18 heavy (non-hydrogen) atoms. The maximum absolute atomic E-state index is 10.4. The van der Waals surface area contributed by atoms with Crippen LogP contribution in [0, 0.1) is 0 Å². The molecule has 0 saturated heterocycles. The second kappa shape index (κ2) is 8.36. The SMILES string of the molecule is NCCCCCNc1cccc(OCC(=O)O)c1. The van der Waals surface area contributed by atoms with Crippen molar-refractivity contribution in [2.45, 2.75) is 19.3 Å². The molecule has 0 aliphatic carbocycles. The summed E-state index contributed by atoms with van der Waals surface area (Å²) in [5.41, 5.74) is 6.35. The summed E-state index contributed by atoms with van der Waals surface area (Å²) in [4.78, 5) is 10.4. The van der Waals surface area contributed by atoms with E-state index in [0.717, 1.165) is 38.0 Å². The van der Waals surface area contributed by atoms with Gasteiger partial charge in [-0.2, -0.15) is 0 Å². The van der Waals surface area contributed by atoms with Crippen molar-refractivity contribution < 1.29 is 14.6 Å². The van der Waals surface area contributed by atoms with E-state index in [-0.39, 0.29) is 6.61 Å². The van der Waals surface area contributed by atoms with E-state index in [0.29, 0.717) is 5.75 Å². The normalized spacial score (nSPS) is 10.1. The third kappa shape index (κ3) is 6.10. The van der Waals surface area contributed by atoms with Gasteiger partial charge in [-0.25, -0.2) is 4.79 Å². The van der Waals surface area contributed by atoms with Gasteiger partial charge in [0, 0.05) is 18.3 Å². The lowest BCUT2D eigenvalue weighted by molar-refractivity contribution is -0.139. The highest BCUT2D eigenvalue weighted by Crippen LogP contribution is 2.17. The number of hydrogen-bond donors (Lipinski definition) is 3. The summed E-state index contributed by atoms with van der Waals surface area (Å²) in [6.45, 7) is 1.29. The van der Waals surface area contributed by atoms with Gasteiger partial charge in [0.25, 0.3) is 0 Å². The Bertz CT molecular complexity index is 369. The quantitative estimate of drug-likeness (QED) is 0.582. The fourth-order valence-corrected chi connectivity index (χ4v) is 1.52. The molecule has 5 heteroatoms. The molecule has 0 aliphatic heterocycles. The molecule has 0 atom stereocenters. The van der Waals surface area contributed by atoms with Crippen molar-refractivity contribution in [1.82, 2.24) is 0 Å². The van der Waals surface area contributed by atoms with E-state index in [1.807, 2.05) is 12.1 Å². The van der Waals surface area contributed by atoms with Crippen LogP contribution in [0.2, 0.25) is 0 Å². The fraction of sp³-hybridized carbons (Fsp3) is 0.462.